The molecule has 3 rings (SSSR count). The van der Waals surface area contributed by atoms with Gasteiger partial charge in [0.2, 0.25) is 0 Å². The molecule has 1 fully saturated rings. The van der Waals surface area contributed by atoms with Crippen LogP contribution >= 0.6 is 11.6 Å². The van der Waals surface area contributed by atoms with E-state index in [-0.39, 0.29) is 0 Å². The van der Waals surface area contributed by atoms with E-state index >= 15 is 0 Å². The van der Waals surface area contributed by atoms with Crippen molar-refractivity contribution in [2.24, 2.45) is 4.99 Å². The minimum Gasteiger partial charge on any atom is -0.495 e. The summed E-state index contributed by atoms with van der Waals surface area (Å²) in [6, 6.07) is 1.79. The van der Waals surface area contributed by atoms with Gasteiger partial charge in [-0.05, 0) is 12.8 Å². The molecule has 2 aliphatic heterocycles. The highest BCUT2D eigenvalue weighted by atomic mass is 35.5. The Morgan fingerprint density at radius 2 is 2.05 bits per heavy atom. The molecule has 20 heavy (non-hydrogen) atoms. The van der Waals surface area contributed by atoms with Crippen LogP contribution in [0.3, 0.4) is 0 Å². The molecule has 0 N–H and O–H groups in total. The molecule has 0 spiro atoms. The third kappa shape index (κ3) is 2.22. The van der Waals surface area contributed by atoms with E-state index in [0.717, 1.165) is 48.1 Å². The second-order valence-electron chi connectivity index (χ2n) is 5.18. The highest BCUT2D eigenvalue weighted by molar-refractivity contribution is 6.32. The summed E-state index contributed by atoms with van der Waals surface area (Å²) < 4.78 is 10.9. The summed E-state index contributed by atoms with van der Waals surface area (Å²) >= 11 is 6.28. The van der Waals surface area contributed by atoms with Crippen LogP contribution in [-0.4, -0.2) is 31.5 Å². The number of benzene rings is 1. The molecule has 0 saturated carbocycles. The van der Waals surface area contributed by atoms with E-state index in [2.05, 4.69) is 4.90 Å². The fourth-order valence-electron chi connectivity index (χ4n) is 2.96. The lowest BCUT2D eigenvalue weighted by atomic mass is 10.1. The summed E-state index contributed by atoms with van der Waals surface area (Å²) in [5.74, 6) is 2.61. The molecular weight excluding hydrogens is 276 g/mol. The van der Waals surface area contributed by atoms with Gasteiger partial charge in [-0.1, -0.05) is 18.0 Å². The SMILES string of the molecule is COc1cc(Cl)c(OC)c2c1N=C1CCCCCN1C2. The van der Waals surface area contributed by atoms with Crippen LogP contribution in [0.1, 0.15) is 31.2 Å². The molecule has 2 heterocycles. The van der Waals surface area contributed by atoms with Gasteiger partial charge in [0.25, 0.3) is 0 Å². The van der Waals surface area contributed by atoms with Crippen LogP contribution in [-0.2, 0) is 6.54 Å². The molecule has 0 bridgehead atoms. The van der Waals surface area contributed by atoms with Crippen molar-refractivity contribution in [3.8, 4) is 11.5 Å². The normalized spacial score (nSPS) is 17.8. The van der Waals surface area contributed by atoms with E-state index in [1.54, 1.807) is 20.3 Å². The number of amidine groups is 1. The maximum absolute atomic E-state index is 6.28. The van der Waals surface area contributed by atoms with Crippen molar-refractivity contribution in [2.45, 2.75) is 32.2 Å². The van der Waals surface area contributed by atoms with Gasteiger partial charge in [0.15, 0.2) is 0 Å². The van der Waals surface area contributed by atoms with Gasteiger partial charge >= 0.3 is 0 Å². The van der Waals surface area contributed by atoms with Crippen LogP contribution in [0.5, 0.6) is 11.5 Å². The van der Waals surface area contributed by atoms with Crippen LogP contribution in [0.15, 0.2) is 11.1 Å². The Morgan fingerprint density at radius 1 is 1.20 bits per heavy atom. The standard InChI is InChI=1S/C15H19ClN2O2/c1-19-12-8-11(16)15(20-2)10-9-18-7-5-3-4-6-13(18)17-14(10)12/h8H,3-7,9H2,1-2H3. The smallest absolute Gasteiger partial charge is 0.146 e. The van der Waals surface area contributed by atoms with Crippen molar-refractivity contribution in [3.05, 3.63) is 16.7 Å². The van der Waals surface area contributed by atoms with Crippen LogP contribution in [0, 0.1) is 0 Å². The number of aliphatic imine (C=N–C) groups is 1. The molecule has 2 aliphatic rings. The molecule has 4 nitrogen and oxygen atoms in total. The topological polar surface area (TPSA) is 34.1 Å². The van der Waals surface area contributed by atoms with Gasteiger partial charge in [-0.15, -0.1) is 0 Å². The second-order valence-corrected chi connectivity index (χ2v) is 5.59. The Labute approximate surface area is 124 Å². The average molecular weight is 295 g/mol. The average Bonchev–Trinajstić information content (AvgIpc) is 2.69. The van der Waals surface area contributed by atoms with E-state index in [4.69, 9.17) is 26.1 Å². The quantitative estimate of drug-likeness (QED) is 0.832. The van der Waals surface area contributed by atoms with E-state index in [9.17, 15) is 0 Å². The van der Waals surface area contributed by atoms with Gasteiger partial charge < -0.3 is 14.4 Å². The third-order valence-electron chi connectivity index (χ3n) is 3.98. The van der Waals surface area contributed by atoms with E-state index in [1.807, 2.05) is 0 Å². The van der Waals surface area contributed by atoms with Gasteiger partial charge in [0.05, 0.1) is 25.8 Å². The number of methoxy groups -OCH3 is 2. The minimum atomic E-state index is 0.580. The molecule has 0 radical (unpaired) electrons. The predicted molar refractivity (Wildman–Crippen MR) is 80.5 cm³/mol. The summed E-state index contributed by atoms with van der Waals surface area (Å²) in [4.78, 5) is 7.17. The molecule has 5 heteroatoms. The monoisotopic (exact) mass is 294 g/mol. The molecule has 0 aliphatic carbocycles. The Balaban J connectivity index is 2.13. The van der Waals surface area contributed by atoms with E-state index in [0.29, 0.717) is 5.02 Å². The number of hydrogen-bond donors (Lipinski definition) is 0. The maximum atomic E-state index is 6.28. The summed E-state index contributed by atoms with van der Waals surface area (Å²) in [5.41, 5.74) is 1.91. The molecule has 1 saturated heterocycles. The fourth-order valence-corrected chi connectivity index (χ4v) is 3.25. The zero-order valence-electron chi connectivity index (χ0n) is 11.9. The predicted octanol–water partition coefficient (Wildman–Crippen LogP) is 3.78. The van der Waals surface area contributed by atoms with Gasteiger partial charge in [0, 0.05) is 24.6 Å². The number of fused-ring (bicyclic) bond motifs is 2. The molecule has 0 atom stereocenters. The van der Waals surface area contributed by atoms with E-state index < -0.39 is 0 Å². The van der Waals surface area contributed by atoms with Gasteiger partial charge in [0.1, 0.15) is 23.0 Å². The lowest BCUT2D eigenvalue weighted by Crippen LogP contribution is -2.32. The van der Waals surface area contributed by atoms with Gasteiger partial charge in [-0.25, -0.2) is 4.99 Å². The molecule has 0 aromatic heterocycles. The molecule has 0 unspecified atom stereocenters. The Morgan fingerprint density at radius 3 is 2.80 bits per heavy atom. The van der Waals surface area contributed by atoms with Crippen molar-refractivity contribution >= 4 is 23.1 Å². The largest absolute Gasteiger partial charge is 0.495 e. The Kier molecular flexibility index (Phi) is 3.74. The minimum absolute atomic E-state index is 0.580. The van der Waals surface area contributed by atoms with Crippen LogP contribution in [0.2, 0.25) is 5.02 Å². The number of hydrogen-bond acceptors (Lipinski definition) is 4. The second kappa shape index (κ2) is 5.52. The third-order valence-corrected chi connectivity index (χ3v) is 4.26. The molecule has 1 aromatic rings. The summed E-state index contributed by atoms with van der Waals surface area (Å²) in [6.45, 7) is 1.85. The Bertz CT molecular complexity index is 557. The van der Waals surface area contributed by atoms with Crippen LogP contribution < -0.4 is 9.47 Å². The number of halogens is 1. The maximum Gasteiger partial charge on any atom is 0.146 e. The zero-order valence-corrected chi connectivity index (χ0v) is 12.7. The molecule has 108 valence electrons. The zero-order chi connectivity index (χ0) is 14.1. The van der Waals surface area contributed by atoms with Crippen molar-refractivity contribution < 1.29 is 9.47 Å². The van der Waals surface area contributed by atoms with Crippen LogP contribution in [0.25, 0.3) is 0 Å². The lowest BCUT2D eigenvalue weighted by Gasteiger charge is -2.31. The number of nitrogens with zero attached hydrogens (tertiary/aromatic N) is 2. The summed E-state index contributed by atoms with van der Waals surface area (Å²) in [5, 5.41) is 0.580. The first kappa shape index (κ1) is 13.6. The van der Waals surface area contributed by atoms with Crippen molar-refractivity contribution in [2.75, 3.05) is 20.8 Å². The molecular formula is C15H19ClN2O2. The van der Waals surface area contributed by atoms with E-state index in [1.165, 1.54) is 19.3 Å². The summed E-state index contributed by atoms with van der Waals surface area (Å²) in [6.07, 6.45) is 4.72. The first-order valence-electron chi connectivity index (χ1n) is 7.00. The van der Waals surface area contributed by atoms with Crippen molar-refractivity contribution in [3.63, 3.8) is 0 Å². The van der Waals surface area contributed by atoms with Gasteiger partial charge in [-0.3, -0.25) is 0 Å². The van der Waals surface area contributed by atoms with Crippen molar-refractivity contribution in [1.29, 1.82) is 0 Å². The first-order valence-corrected chi connectivity index (χ1v) is 7.38. The van der Waals surface area contributed by atoms with Crippen LogP contribution in [0.4, 0.5) is 5.69 Å². The Hall–Kier alpha value is -1.42. The lowest BCUT2D eigenvalue weighted by molar-refractivity contribution is 0.367. The number of rotatable bonds is 2. The van der Waals surface area contributed by atoms with Crippen molar-refractivity contribution in [1.82, 2.24) is 4.90 Å². The number of ether oxygens (including phenoxy) is 2. The summed E-state index contributed by atoms with van der Waals surface area (Å²) in [7, 11) is 3.30. The first-order chi connectivity index (χ1) is 9.74. The molecule has 1 aromatic carbocycles. The molecule has 0 amide bonds. The highest BCUT2D eigenvalue weighted by Gasteiger charge is 2.27. The fraction of sp³-hybridized carbons (Fsp3) is 0.533. The highest BCUT2D eigenvalue weighted by Crippen LogP contribution is 2.45. The van der Waals surface area contributed by atoms with Gasteiger partial charge in [-0.2, -0.15) is 0 Å².